The van der Waals surface area contributed by atoms with Crippen LogP contribution in [0.1, 0.15) is 41.0 Å². The van der Waals surface area contributed by atoms with Gasteiger partial charge in [0.1, 0.15) is 17.3 Å². The van der Waals surface area contributed by atoms with Crippen LogP contribution in [0.2, 0.25) is 0 Å². The normalized spacial score (nSPS) is 17.6. The lowest BCUT2D eigenvalue weighted by Gasteiger charge is -2.32. The Bertz CT molecular complexity index is 749. The lowest BCUT2D eigenvalue weighted by Crippen LogP contribution is -2.40. The van der Waals surface area contributed by atoms with E-state index in [9.17, 15) is 13.6 Å². The van der Waals surface area contributed by atoms with Crippen molar-refractivity contribution in [2.75, 3.05) is 13.1 Å². The zero-order valence-electron chi connectivity index (χ0n) is 14.2. The first-order valence-electron chi connectivity index (χ1n) is 8.55. The zero-order valence-corrected chi connectivity index (χ0v) is 14.2. The van der Waals surface area contributed by atoms with E-state index in [4.69, 9.17) is 0 Å². The maximum Gasteiger partial charge on any atom is 0.274 e. The second kappa shape index (κ2) is 7.68. The van der Waals surface area contributed by atoms with E-state index in [1.165, 1.54) is 18.3 Å². The third kappa shape index (κ3) is 4.38. The Kier molecular flexibility index (Phi) is 5.36. The van der Waals surface area contributed by atoms with Gasteiger partial charge >= 0.3 is 0 Å². The molecule has 0 spiro atoms. The number of aromatic nitrogens is 2. The number of hydrogen-bond donors (Lipinski definition) is 0. The van der Waals surface area contributed by atoms with Crippen molar-refractivity contribution in [3.05, 3.63) is 59.2 Å². The quantitative estimate of drug-likeness (QED) is 0.851. The van der Waals surface area contributed by atoms with Crippen molar-refractivity contribution in [1.29, 1.82) is 0 Å². The zero-order chi connectivity index (χ0) is 17.8. The Morgan fingerprint density at radius 1 is 1.28 bits per heavy atom. The van der Waals surface area contributed by atoms with Gasteiger partial charge in [0.15, 0.2) is 0 Å². The number of rotatable bonds is 4. The smallest absolute Gasteiger partial charge is 0.274 e. The molecule has 1 aliphatic rings. The molecule has 0 bridgehead atoms. The van der Waals surface area contributed by atoms with Crippen molar-refractivity contribution in [3.8, 4) is 0 Å². The van der Waals surface area contributed by atoms with Crippen LogP contribution in [0.5, 0.6) is 0 Å². The van der Waals surface area contributed by atoms with E-state index in [1.807, 2.05) is 6.92 Å². The minimum Gasteiger partial charge on any atom is -0.337 e. The minimum absolute atomic E-state index is 0.106. The van der Waals surface area contributed by atoms with Crippen LogP contribution < -0.4 is 0 Å². The number of hydrogen-bond acceptors (Lipinski definition) is 3. The highest BCUT2D eigenvalue weighted by molar-refractivity contribution is 5.92. The molecule has 4 nitrogen and oxygen atoms in total. The molecule has 2 heterocycles. The summed E-state index contributed by atoms with van der Waals surface area (Å²) in [5, 5.41) is 0. The van der Waals surface area contributed by atoms with E-state index in [0.717, 1.165) is 31.0 Å². The fourth-order valence-corrected chi connectivity index (χ4v) is 3.23. The van der Waals surface area contributed by atoms with Crippen molar-refractivity contribution >= 4 is 5.91 Å². The average molecular weight is 345 g/mol. The van der Waals surface area contributed by atoms with E-state index >= 15 is 0 Å². The molecule has 1 aromatic heterocycles. The van der Waals surface area contributed by atoms with Gasteiger partial charge in [-0.05, 0) is 50.2 Å². The lowest BCUT2D eigenvalue weighted by molar-refractivity contribution is 0.0661. The molecule has 0 saturated carbocycles. The monoisotopic (exact) mass is 345 g/mol. The van der Waals surface area contributed by atoms with E-state index in [-0.39, 0.29) is 5.91 Å². The summed E-state index contributed by atoms with van der Waals surface area (Å²) in [4.78, 5) is 22.6. The summed E-state index contributed by atoms with van der Waals surface area (Å²) in [6.45, 7) is 3.17. The van der Waals surface area contributed by atoms with Crippen LogP contribution >= 0.6 is 0 Å². The fraction of sp³-hybridized carbons (Fsp3) is 0.421. The van der Waals surface area contributed by atoms with Crippen molar-refractivity contribution in [3.63, 3.8) is 0 Å². The van der Waals surface area contributed by atoms with E-state index in [2.05, 4.69) is 9.97 Å². The van der Waals surface area contributed by atoms with E-state index in [0.29, 0.717) is 36.7 Å². The summed E-state index contributed by atoms with van der Waals surface area (Å²) in [6.07, 6.45) is 6.34. The molecule has 3 rings (SSSR count). The number of nitrogens with zero attached hydrogens (tertiary/aromatic N) is 3. The van der Waals surface area contributed by atoms with Gasteiger partial charge in [-0.25, -0.2) is 13.8 Å². The molecule has 0 aliphatic carbocycles. The van der Waals surface area contributed by atoms with Gasteiger partial charge in [0.25, 0.3) is 5.91 Å². The van der Waals surface area contributed by atoms with Gasteiger partial charge in [-0.15, -0.1) is 0 Å². The molecule has 1 atom stereocenters. The van der Waals surface area contributed by atoms with Crippen LogP contribution in [0.25, 0.3) is 0 Å². The number of halogens is 2. The molecule has 132 valence electrons. The summed E-state index contributed by atoms with van der Waals surface area (Å²) in [6, 6.07) is 3.70. The number of piperidine rings is 1. The van der Waals surface area contributed by atoms with E-state index in [1.54, 1.807) is 11.1 Å². The molecule has 1 saturated heterocycles. The topological polar surface area (TPSA) is 46.1 Å². The first kappa shape index (κ1) is 17.5. The largest absolute Gasteiger partial charge is 0.337 e. The summed E-state index contributed by atoms with van der Waals surface area (Å²) < 4.78 is 26.7. The Balaban J connectivity index is 1.59. The molecule has 0 radical (unpaired) electrons. The SMILES string of the molecule is Cc1cnc(C(=O)N2CCCC(CCc3ccc(F)cc3F)C2)cn1. The summed E-state index contributed by atoms with van der Waals surface area (Å²) in [5.74, 6) is -0.862. The first-order valence-corrected chi connectivity index (χ1v) is 8.55. The van der Waals surface area contributed by atoms with E-state index < -0.39 is 11.6 Å². The second-order valence-corrected chi connectivity index (χ2v) is 6.58. The van der Waals surface area contributed by atoms with Crippen LogP contribution in [0, 0.1) is 24.5 Å². The van der Waals surface area contributed by atoms with Gasteiger partial charge in [-0.3, -0.25) is 9.78 Å². The molecule has 0 N–H and O–H groups in total. The van der Waals surface area contributed by atoms with Crippen LogP contribution in [-0.4, -0.2) is 33.9 Å². The Hall–Kier alpha value is -2.37. The van der Waals surface area contributed by atoms with Gasteiger partial charge in [-0.2, -0.15) is 0 Å². The van der Waals surface area contributed by atoms with Gasteiger partial charge < -0.3 is 4.90 Å². The molecular formula is C19H21F2N3O. The number of carbonyl (C=O) groups excluding carboxylic acids is 1. The Morgan fingerprint density at radius 2 is 2.12 bits per heavy atom. The van der Waals surface area contributed by atoms with Crippen molar-refractivity contribution in [2.45, 2.75) is 32.6 Å². The van der Waals surface area contributed by atoms with Crippen LogP contribution in [0.4, 0.5) is 8.78 Å². The maximum absolute atomic E-state index is 13.7. The molecule has 1 amide bonds. The second-order valence-electron chi connectivity index (χ2n) is 6.58. The molecule has 2 aromatic rings. The number of benzene rings is 1. The fourth-order valence-electron chi connectivity index (χ4n) is 3.23. The maximum atomic E-state index is 13.7. The lowest BCUT2D eigenvalue weighted by atomic mass is 9.91. The van der Waals surface area contributed by atoms with Crippen molar-refractivity contribution in [2.24, 2.45) is 5.92 Å². The van der Waals surface area contributed by atoms with Crippen LogP contribution in [0.3, 0.4) is 0 Å². The highest BCUT2D eigenvalue weighted by Crippen LogP contribution is 2.23. The molecule has 1 aliphatic heterocycles. The van der Waals surface area contributed by atoms with Crippen molar-refractivity contribution in [1.82, 2.24) is 14.9 Å². The van der Waals surface area contributed by atoms with Crippen LogP contribution in [0.15, 0.2) is 30.6 Å². The molecule has 6 heteroatoms. The predicted molar refractivity (Wildman–Crippen MR) is 90.1 cm³/mol. The summed E-state index contributed by atoms with van der Waals surface area (Å²) in [5.41, 5.74) is 1.65. The highest BCUT2D eigenvalue weighted by Gasteiger charge is 2.25. The predicted octanol–water partition coefficient (Wildman–Crippen LogP) is 3.55. The third-order valence-corrected chi connectivity index (χ3v) is 4.64. The Morgan fingerprint density at radius 3 is 2.84 bits per heavy atom. The van der Waals surface area contributed by atoms with Gasteiger partial charge in [0, 0.05) is 25.4 Å². The molecule has 1 unspecified atom stereocenters. The summed E-state index contributed by atoms with van der Waals surface area (Å²) >= 11 is 0. The summed E-state index contributed by atoms with van der Waals surface area (Å²) in [7, 11) is 0. The molecule has 25 heavy (non-hydrogen) atoms. The average Bonchev–Trinajstić information content (AvgIpc) is 2.61. The molecule has 1 fully saturated rings. The third-order valence-electron chi connectivity index (χ3n) is 4.64. The number of amides is 1. The van der Waals surface area contributed by atoms with Gasteiger partial charge in [-0.1, -0.05) is 6.07 Å². The highest BCUT2D eigenvalue weighted by atomic mass is 19.1. The van der Waals surface area contributed by atoms with Crippen molar-refractivity contribution < 1.29 is 13.6 Å². The standard InChI is InChI=1S/C19H21F2N3O/c1-13-10-23-18(11-22-13)19(25)24-8-2-3-14(12-24)4-5-15-6-7-16(20)9-17(15)21/h6-7,9-11,14H,2-5,8,12H2,1H3. The van der Waals surface area contributed by atoms with Crippen LogP contribution in [-0.2, 0) is 6.42 Å². The number of aryl methyl sites for hydroxylation is 2. The number of likely N-dealkylation sites (tertiary alicyclic amines) is 1. The first-order chi connectivity index (χ1) is 12.0. The Labute approximate surface area is 145 Å². The number of carbonyl (C=O) groups is 1. The minimum atomic E-state index is -0.560. The van der Waals surface area contributed by atoms with Gasteiger partial charge in [0.2, 0.25) is 0 Å². The molecule has 1 aromatic carbocycles. The molecular weight excluding hydrogens is 324 g/mol. The van der Waals surface area contributed by atoms with Gasteiger partial charge in [0.05, 0.1) is 11.9 Å².